The van der Waals surface area contributed by atoms with Gasteiger partial charge in [-0.25, -0.2) is 0 Å². The summed E-state index contributed by atoms with van der Waals surface area (Å²) in [5.74, 6) is -0.352. The predicted octanol–water partition coefficient (Wildman–Crippen LogP) is 4.49. The van der Waals surface area contributed by atoms with Gasteiger partial charge in [-0.1, -0.05) is 48.5 Å². The molecule has 0 amide bonds. The normalized spacial score (nSPS) is 16.1. The van der Waals surface area contributed by atoms with Crippen molar-refractivity contribution in [3.05, 3.63) is 0 Å². The summed E-state index contributed by atoms with van der Waals surface area (Å²) >= 11 is 0. The van der Waals surface area contributed by atoms with E-state index in [4.69, 9.17) is 1.37 Å². The van der Waals surface area contributed by atoms with Crippen molar-refractivity contribution in [1.82, 2.24) is 0 Å². The van der Waals surface area contributed by atoms with Gasteiger partial charge in [0.2, 0.25) is 0 Å². The first-order valence-electron chi connectivity index (χ1n) is 5.62. The van der Waals surface area contributed by atoms with Crippen LogP contribution in [-0.2, 0) is 0 Å². The zero-order valence-electron chi connectivity index (χ0n) is 10.9. The monoisotopic (exact) mass is 171 g/mol. The molecule has 0 atom stereocenters. The molecule has 0 aliphatic carbocycles. The highest BCUT2D eigenvalue weighted by Gasteiger charge is 2.40. The molecular formula is C12H26. The van der Waals surface area contributed by atoms with Crippen molar-refractivity contribution >= 4 is 0 Å². The zero-order valence-corrected chi connectivity index (χ0v) is 9.91. The van der Waals surface area contributed by atoms with Crippen LogP contribution in [0.5, 0.6) is 0 Å². The summed E-state index contributed by atoms with van der Waals surface area (Å²) in [6.45, 7) is 15.3. The Morgan fingerprint density at radius 3 is 1.42 bits per heavy atom. The van der Waals surface area contributed by atoms with Gasteiger partial charge < -0.3 is 0 Å². The van der Waals surface area contributed by atoms with Crippen LogP contribution < -0.4 is 0 Å². The number of hydrogen-bond donors (Lipinski definition) is 0. The van der Waals surface area contributed by atoms with Gasteiger partial charge in [0.05, 0.1) is 0 Å². The largest absolute Gasteiger partial charge is 0.0648 e. The molecule has 0 radical (unpaired) electrons. The van der Waals surface area contributed by atoms with Crippen molar-refractivity contribution in [1.29, 1.82) is 0 Å². The Morgan fingerprint density at radius 2 is 1.42 bits per heavy atom. The Balaban J connectivity index is 5.17. The molecule has 0 aliphatic rings. The van der Waals surface area contributed by atoms with Crippen LogP contribution in [0.2, 0.25) is 0 Å². The van der Waals surface area contributed by atoms with Crippen LogP contribution in [-0.4, -0.2) is 0 Å². The van der Waals surface area contributed by atoms with Crippen LogP contribution in [0.15, 0.2) is 0 Å². The highest BCUT2D eigenvalue weighted by Crippen LogP contribution is 2.49. The first-order valence-corrected chi connectivity index (χ1v) is 5.12. The van der Waals surface area contributed by atoms with Crippen LogP contribution >= 0.6 is 0 Å². The summed E-state index contributed by atoms with van der Waals surface area (Å²) in [6.07, 6.45) is 2.17. The lowest BCUT2D eigenvalue weighted by atomic mass is 9.58. The third-order valence-corrected chi connectivity index (χ3v) is 3.60. The highest BCUT2D eigenvalue weighted by molar-refractivity contribution is 4.90. The molecule has 0 saturated carbocycles. The first kappa shape index (κ1) is 10.1. The summed E-state index contributed by atoms with van der Waals surface area (Å²) in [7, 11) is 0. The summed E-state index contributed by atoms with van der Waals surface area (Å²) in [5.41, 5.74) is 0.335. The van der Waals surface area contributed by atoms with E-state index in [1.807, 2.05) is 13.8 Å². The minimum Gasteiger partial charge on any atom is -0.0648 e. The third-order valence-electron chi connectivity index (χ3n) is 3.60. The average Bonchev–Trinajstić information content (AvgIpc) is 1.84. The third kappa shape index (κ3) is 1.84. The fourth-order valence-electron chi connectivity index (χ4n) is 2.77. The molecule has 0 nitrogen and oxygen atoms in total. The van der Waals surface area contributed by atoms with Gasteiger partial charge in [-0.3, -0.25) is 0 Å². The fourth-order valence-corrected chi connectivity index (χ4v) is 2.77. The molecule has 0 bridgehead atoms. The lowest BCUT2D eigenvalue weighted by Crippen LogP contribution is -2.39. The molecule has 12 heavy (non-hydrogen) atoms. The molecule has 0 heterocycles. The molecule has 0 unspecified atom stereocenters. The first-order chi connectivity index (χ1) is 5.62. The SMILES string of the molecule is [2H]C(C)(C)C(CC)(CC)C(C)(C)C. The van der Waals surface area contributed by atoms with E-state index in [1.165, 1.54) is 0 Å². The van der Waals surface area contributed by atoms with Crippen molar-refractivity contribution in [2.24, 2.45) is 16.7 Å². The van der Waals surface area contributed by atoms with Crippen molar-refractivity contribution in [3.63, 3.8) is 0 Å². The Bertz CT molecular complexity index is 137. The van der Waals surface area contributed by atoms with Crippen LogP contribution in [0.3, 0.4) is 0 Å². The van der Waals surface area contributed by atoms with E-state index in [-0.39, 0.29) is 16.7 Å². The standard InChI is InChI=1S/C12H26/c1-8-12(9-2,10(3)4)11(5,6)7/h10H,8-9H2,1-7H3/i10D. The molecule has 0 heteroatoms. The fraction of sp³-hybridized carbons (Fsp3) is 1.00. The van der Waals surface area contributed by atoms with Crippen LogP contribution in [0, 0.1) is 16.7 Å². The molecule has 0 aliphatic heterocycles. The van der Waals surface area contributed by atoms with E-state index in [2.05, 4.69) is 34.6 Å². The van der Waals surface area contributed by atoms with Crippen LogP contribution in [0.1, 0.15) is 62.7 Å². The molecule has 0 N–H and O–H groups in total. The van der Waals surface area contributed by atoms with Gasteiger partial charge in [0.15, 0.2) is 0 Å². The molecular weight excluding hydrogens is 144 g/mol. The van der Waals surface area contributed by atoms with Crippen LogP contribution in [0.25, 0.3) is 0 Å². The van der Waals surface area contributed by atoms with Gasteiger partial charge in [-0.2, -0.15) is 0 Å². The lowest BCUT2D eigenvalue weighted by Gasteiger charge is -2.47. The summed E-state index contributed by atoms with van der Waals surface area (Å²) in [6, 6.07) is 0. The minimum atomic E-state index is -0.352. The second-order valence-electron chi connectivity index (χ2n) is 5.04. The Morgan fingerprint density at radius 1 is 1.08 bits per heavy atom. The quantitative estimate of drug-likeness (QED) is 0.586. The van der Waals surface area contributed by atoms with E-state index >= 15 is 0 Å². The Kier molecular flexibility index (Phi) is 3.20. The average molecular weight is 171 g/mol. The highest BCUT2D eigenvalue weighted by atomic mass is 14.5. The molecule has 0 aromatic heterocycles. The van der Waals surface area contributed by atoms with E-state index in [0.29, 0.717) is 0 Å². The number of rotatable bonds is 3. The van der Waals surface area contributed by atoms with Gasteiger partial charge in [0.25, 0.3) is 0 Å². The molecule has 0 aromatic rings. The smallest absolute Gasteiger partial charge is 0.0303 e. The zero-order chi connectivity index (χ0) is 10.9. The van der Waals surface area contributed by atoms with Gasteiger partial charge in [-0.15, -0.1) is 0 Å². The predicted molar refractivity (Wildman–Crippen MR) is 57.3 cm³/mol. The maximum absolute atomic E-state index is 8.29. The van der Waals surface area contributed by atoms with Crippen molar-refractivity contribution in [2.75, 3.05) is 0 Å². The lowest BCUT2D eigenvalue weighted by molar-refractivity contribution is 0.0213. The molecule has 74 valence electrons. The molecule has 0 aromatic carbocycles. The maximum atomic E-state index is 8.29. The van der Waals surface area contributed by atoms with Gasteiger partial charge >= 0.3 is 0 Å². The van der Waals surface area contributed by atoms with E-state index in [1.54, 1.807) is 0 Å². The van der Waals surface area contributed by atoms with Gasteiger partial charge in [0, 0.05) is 1.37 Å². The number of hydrogen-bond acceptors (Lipinski definition) is 0. The van der Waals surface area contributed by atoms with Gasteiger partial charge in [0.1, 0.15) is 0 Å². The summed E-state index contributed by atoms with van der Waals surface area (Å²) in [4.78, 5) is 0. The molecule has 0 spiro atoms. The second kappa shape index (κ2) is 3.81. The molecule has 0 fully saturated rings. The van der Waals surface area contributed by atoms with Crippen LogP contribution in [0.4, 0.5) is 0 Å². The molecule has 0 rings (SSSR count). The van der Waals surface area contributed by atoms with Crippen molar-refractivity contribution in [2.45, 2.75) is 61.3 Å². The second-order valence-corrected chi connectivity index (χ2v) is 5.04. The maximum Gasteiger partial charge on any atom is 0.0303 e. The summed E-state index contributed by atoms with van der Waals surface area (Å²) in [5, 5.41) is 0. The van der Waals surface area contributed by atoms with Crippen molar-refractivity contribution < 1.29 is 1.37 Å². The topological polar surface area (TPSA) is 0 Å². The Hall–Kier alpha value is 0. The van der Waals surface area contributed by atoms with E-state index in [9.17, 15) is 0 Å². The molecule has 0 saturated heterocycles. The summed E-state index contributed by atoms with van der Waals surface area (Å²) < 4.78 is 8.29. The van der Waals surface area contributed by atoms with E-state index in [0.717, 1.165) is 12.8 Å². The van der Waals surface area contributed by atoms with E-state index < -0.39 is 0 Å². The van der Waals surface area contributed by atoms with Crippen molar-refractivity contribution in [3.8, 4) is 0 Å². The Labute approximate surface area is 80.2 Å². The van der Waals surface area contributed by atoms with Gasteiger partial charge in [-0.05, 0) is 29.6 Å². The minimum absolute atomic E-state index is 0.125.